The summed E-state index contributed by atoms with van der Waals surface area (Å²) in [6.45, 7) is 7.23. The molecule has 0 aromatic carbocycles. The molecule has 0 saturated carbocycles. The van der Waals surface area contributed by atoms with Crippen LogP contribution in [0.4, 0.5) is 5.82 Å². The van der Waals surface area contributed by atoms with Gasteiger partial charge < -0.3 is 15.5 Å². The van der Waals surface area contributed by atoms with E-state index in [1.165, 1.54) is 0 Å². The lowest BCUT2D eigenvalue weighted by molar-refractivity contribution is -0.142. The normalized spacial score (nSPS) is 14.8. The van der Waals surface area contributed by atoms with Crippen LogP contribution in [0.5, 0.6) is 0 Å². The van der Waals surface area contributed by atoms with Crippen molar-refractivity contribution in [3.05, 3.63) is 23.9 Å². The fourth-order valence-electron chi connectivity index (χ4n) is 3.06. The van der Waals surface area contributed by atoms with Crippen molar-refractivity contribution in [1.82, 2.24) is 9.88 Å². The number of nitrogens with zero attached hydrogens (tertiary/aromatic N) is 4. The number of anilines is 1. The molecule has 132 valence electrons. The second kappa shape index (κ2) is 8.86. The topological polar surface area (TPSA) is 86.3 Å². The van der Waals surface area contributed by atoms with Crippen molar-refractivity contribution in [1.29, 1.82) is 5.26 Å². The molecule has 0 aliphatic carbocycles. The largest absolute Gasteiger partial charge is 0.353 e. The lowest BCUT2D eigenvalue weighted by Gasteiger charge is -2.40. The number of carbonyl (C=O) groups excluding carboxylic acids is 1. The number of hydrogen-bond acceptors (Lipinski definition) is 5. The van der Waals surface area contributed by atoms with Gasteiger partial charge in [-0.25, -0.2) is 4.98 Å². The average Bonchev–Trinajstić information content (AvgIpc) is 2.63. The Balaban J connectivity index is 0.00000288. The van der Waals surface area contributed by atoms with Crippen LogP contribution in [0.3, 0.4) is 0 Å². The van der Waals surface area contributed by atoms with E-state index in [1.807, 2.05) is 18.7 Å². The minimum absolute atomic E-state index is 0. The summed E-state index contributed by atoms with van der Waals surface area (Å²) in [6.07, 6.45) is 3.19. The number of aromatic nitrogens is 1. The van der Waals surface area contributed by atoms with Crippen LogP contribution in [0.1, 0.15) is 32.3 Å². The average molecular weight is 352 g/mol. The summed E-state index contributed by atoms with van der Waals surface area (Å²) < 4.78 is 0. The Morgan fingerprint density at radius 3 is 2.46 bits per heavy atom. The maximum Gasteiger partial charge on any atom is 0.230 e. The SMILES string of the molecule is CCC(CC)(CN)C(=O)N1CCN(c2cc(C#N)ccn2)CC1.Cl. The number of rotatable bonds is 5. The molecule has 0 spiro atoms. The maximum absolute atomic E-state index is 12.8. The molecule has 1 saturated heterocycles. The van der Waals surface area contributed by atoms with Crippen molar-refractivity contribution in [3.8, 4) is 6.07 Å². The molecule has 24 heavy (non-hydrogen) atoms. The highest BCUT2D eigenvalue weighted by Gasteiger charge is 2.37. The Labute approximate surface area is 150 Å². The predicted octanol–water partition coefficient (Wildman–Crippen LogP) is 1.79. The molecule has 0 atom stereocenters. The number of hydrogen-bond donors (Lipinski definition) is 1. The summed E-state index contributed by atoms with van der Waals surface area (Å²) in [5.74, 6) is 0.968. The Morgan fingerprint density at radius 1 is 1.33 bits per heavy atom. The third-order valence-electron chi connectivity index (χ3n) is 4.96. The second-order valence-corrected chi connectivity index (χ2v) is 5.99. The van der Waals surface area contributed by atoms with Gasteiger partial charge in [-0.3, -0.25) is 4.79 Å². The van der Waals surface area contributed by atoms with Crippen LogP contribution >= 0.6 is 12.4 Å². The Hall–Kier alpha value is -1.84. The number of pyridine rings is 1. The van der Waals surface area contributed by atoms with Gasteiger partial charge in [-0.15, -0.1) is 12.4 Å². The predicted molar refractivity (Wildman–Crippen MR) is 97.1 cm³/mol. The van der Waals surface area contributed by atoms with E-state index in [-0.39, 0.29) is 18.3 Å². The number of carbonyl (C=O) groups is 1. The van der Waals surface area contributed by atoms with Gasteiger partial charge in [-0.1, -0.05) is 13.8 Å². The summed E-state index contributed by atoms with van der Waals surface area (Å²) in [5.41, 5.74) is 6.06. The van der Waals surface area contributed by atoms with Gasteiger partial charge in [0.25, 0.3) is 0 Å². The highest BCUT2D eigenvalue weighted by atomic mass is 35.5. The lowest BCUT2D eigenvalue weighted by atomic mass is 9.81. The molecule has 1 aromatic heterocycles. The van der Waals surface area contributed by atoms with Crippen LogP contribution in [-0.4, -0.2) is 48.5 Å². The summed E-state index contributed by atoms with van der Waals surface area (Å²) in [6, 6.07) is 5.62. The van der Waals surface area contributed by atoms with E-state index < -0.39 is 5.41 Å². The first kappa shape index (κ1) is 20.2. The van der Waals surface area contributed by atoms with E-state index in [0.717, 1.165) is 31.7 Å². The molecule has 0 radical (unpaired) electrons. The molecule has 6 nitrogen and oxygen atoms in total. The van der Waals surface area contributed by atoms with E-state index in [2.05, 4.69) is 16.0 Å². The zero-order valence-corrected chi connectivity index (χ0v) is 15.2. The molecular formula is C17H26ClN5O. The van der Waals surface area contributed by atoms with E-state index >= 15 is 0 Å². The highest BCUT2D eigenvalue weighted by Crippen LogP contribution is 2.28. The number of nitrogens with two attached hydrogens (primary N) is 1. The van der Waals surface area contributed by atoms with E-state index in [0.29, 0.717) is 25.2 Å². The van der Waals surface area contributed by atoms with Gasteiger partial charge in [-0.05, 0) is 25.0 Å². The van der Waals surface area contributed by atoms with Crippen molar-refractivity contribution in [2.24, 2.45) is 11.1 Å². The molecule has 7 heteroatoms. The standard InChI is InChI=1S/C17H25N5O.ClH/c1-3-17(4-2,13-19)16(23)22-9-7-21(8-10-22)15-11-14(12-18)5-6-20-15;/h5-6,11H,3-4,7-10,13,19H2,1-2H3;1H. The van der Waals surface area contributed by atoms with E-state index in [4.69, 9.17) is 11.0 Å². The highest BCUT2D eigenvalue weighted by molar-refractivity contribution is 5.85. The number of amides is 1. The Kier molecular flexibility index (Phi) is 7.46. The van der Waals surface area contributed by atoms with Crippen molar-refractivity contribution in [2.75, 3.05) is 37.6 Å². The fraction of sp³-hybridized carbons (Fsp3) is 0.588. The van der Waals surface area contributed by atoms with Crippen molar-refractivity contribution in [3.63, 3.8) is 0 Å². The van der Waals surface area contributed by atoms with Crippen molar-refractivity contribution < 1.29 is 4.79 Å². The van der Waals surface area contributed by atoms with Crippen LogP contribution in [0.2, 0.25) is 0 Å². The zero-order valence-electron chi connectivity index (χ0n) is 14.4. The molecule has 1 aliphatic heterocycles. The van der Waals surface area contributed by atoms with Gasteiger partial charge in [0.15, 0.2) is 0 Å². The Morgan fingerprint density at radius 2 is 1.96 bits per heavy atom. The molecule has 2 N–H and O–H groups in total. The van der Waals surface area contributed by atoms with Crippen LogP contribution in [0, 0.1) is 16.7 Å². The summed E-state index contributed by atoms with van der Waals surface area (Å²) in [5, 5.41) is 8.99. The number of nitriles is 1. The van der Waals surface area contributed by atoms with Crippen LogP contribution in [-0.2, 0) is 4.79 Å². The molecule has 1 aromatic rings. The maximum atomic E-state index is 12.8. The second-order valence-electron chi connectivity index (χ2n) is 5.99. The van der Waals surface area contributed by atoms with Crippen LogP contribution in [0.15, 0.2) is 18.3 Å². The van der Waals surface area contributed by atoms with Gasteiger partial charge in [0, 0.05) is 38.9 Å². The first-order valence-corrected chi connectivity index (χ1v) is 8.20. The molecule has 1 amide bonds. The lowest BCUT2D eigenvalue weighted by Crippen LogP contribution is -2.55. The number of halogens is 1. The Bertz CT molecular complexity index is 581. The molecule has 0 bridgehead atoms. The summed E-state index contributed by atoms with van der Waals surface area (Å²) >= 11 is 0. The van der Waals surface area contributed by atoms with Crippen molar-refractivity contribution >= 4 is 24.1 Å². The van der Waals surface area contributed by atoms with E-state index in [9.17, 15) is 4.79 Å². The monoisotopic (exact) mass is 351 g/mol. The minimum atomic E-state index is -0.429. The van der Waals surface area contributed by atoms with Gasteiger partial charge in [-0.2, -0.15) is 5.26 Å². The number of piperazine rings is 1. The van der Waals surface area contributed by atoms with Gasteiger partial charge in [0.05, 0.1) is 17.0 Å². The fourth-order valence-corrected chi connectivity index (χ4v) is 3.06. The molecular weight excluding hydrogens is 326 g/mol. The van der Waals surface area contributed by atoms with E-state index in [1.54, 1.807) is 18.3 Å². The molecule has 1 aliphatic rings. The van der Waals surface area contributed by atoms with Crippen LogP contribution < -0.4 is 10.6 Å². The first-order valence-electron chi connectivity index (χ1n) is 8.20. The van der Waals surface area contributed by atoms with Crippen LogP contribution in [0.25, 0.3) is 0 Å². The molecule has 0 unspecified atom stereocenters. The summed E-state index contributed by atoms with van der Waals surface area (Å²) in [4.78, 5) is 21.2. The third kappa shape index (κ3) is 3.97. The molecule has 1 fully saturated rings. The zero-order chi connectivity index (χ0) is 16.9. The summed E-state index contributed by atoms with van der Waals surface area (Å²) in [7, 11) is 0. The third-order valence-corrected chi connectivity index (χ3v) is 4.96. The van der Waals surface area contributed by atoms with Gasteiger partial charge in [0.2, 0.25) is 5.91 Å². The molecule has 2 rings (SSSR count). The quantitative estimate of drug-likeness (QED) is 0.873. The van der Waals surface area contributed by atoms with Gasteiger partial charge in [0.1, 0.15) is 5.82 Å². The smallest absolute Gasteiger partial charge is 0.230 e. The first-order chi connectivity index (χ1) is 11.1. The van der Waals surface area contributed by atoms with Gasteiger partial charge >= 0.3 is 0 Å². The minimum Gasteiger partial charge on any atom is -0.353 e. The molecule has 2 heterocycles. The van der Waals surface area contributed by atoms with Crippen molar-refractivity contribution in [2.45, 2.75) is 26.7 Å².